The van der Waals surface area contributed by atoms with Crippen LogP contribution in [0.4, 0.5) is 14.6 Å². The maximum atomic E-state index is 14.7. The Balaban J connectivity index is 1.27. The Hall–Kier alpha value is -4.99. The Morgan fingerprint density at radius 3 is 2.44 bits per heavy atom. The predicted octanol–water partition coefficient (Wildman–Crippen LogP) is 3.40. The van der Waals surface area contributed by atoms with Crippen LogP contribution in [-0.4, -0.2) is 79.4 Å². The van der Waals surface area contributed by atoms with Crippen molar-refractivity contribution in [2.24, 2.45) is 0 Å². The van der Waals surface area contributed by atoms with E-state index in [1.54, 1.807) is 6.07 Å². The molecule has 2 aliphatic rings. The fourth-order valence-corrected chi connectivity index (χ4v) is 7.69. The van der Waals surface area contributed by atoms with Crippen molar-refractivity contribution in [3.8, 4) is 28.1 Å². The number of nitrogens with two attached hydrogens (primary N) is 1. The second-order valence-electron chi connectivity index (χ2n) is 11.3. The molecule has 4 aromatic heterocycles. The molecule has 3 atom stereocenters. The number of ether oxygens (including phenoxy) is 1. The highest BCUT2D eigenvalue weighted by Gasteiger charge is 2.46. The number of methoxy groups -OCH3 is 1. The van der Waals surface area contributed by atoms with Crippen molar-refractivity contribution >= 4 is 27.2 Å². The Bertz CT molecular complexity index is 2050. The number of sulfone groups is 1. The summed E-state index contributed by atoms with van der Waals surface area (Å²) < 4.78 is 61.3. The number of anilines is 1. The standard InChI is InChI=1S/C29H27F2N9O4S/c1-44-23-10-20(30)18(9-21(23)31)22-6-3-14(11-33-22)19-12-36-40-26(32)25(45(2,42)43)24(37-28(19)40)15-7-16-4-5-17(8-15)39(16)29(41)27-34-13-35-38-27/h3,6,9-13,15-17H,4-5,7-8,32H2,1-2H3,(H,34,35,38)/t15?,16-,17+. The molecule has 1 aromatic carbocycles. The van der Waals surface area contributed by atoms with Crippen molar-refractivity contribution in [3.05, 3.63) is 66.1 Å². The van der Waals surface area contributed by atoms with E-state index >= 15 is 0 Å². The molecule has 2 saturated heterocycles. The number of amides is 1. The van der Waals surface area contributed by atoms with E-state index in [1.165, 1.54) is 36.4 Å². The van der Waals surface area contributed by atoms with Crippen LogP contribution in [0.1, 0.15) is 47.9 Å². The van der Waals surface area contributed by atoms with Gasteiger partial charge in [-0.2, -0.15) is 14.7 Å². The van der Waals surface area contributed by atoms with Gasteiger partial charge in [0.1, 0.15) is 22.9 Å². The molecule has 1 unspecified atom stereocenters. The average molecular weight is 636 g/mol. The summed E-state index contributed by atoms with van der Waals surface area (Å²) >= 11 is 0. The predicted molar refractivity (Wildman–Crippen MR) is 157 cm³/mol. The van der Waals surface area contributed by atoms with Crippen molar-refractivity contribution < 1.29 is 26.7 Å². The second kappa shape index (κ2) is 10.6. The lowest BCUT2D eigenvalue weighted by Gasteiger charge is -2.38. The minimum absolute atomic E-state index is 0.0371. The summed E-state index contributed by atoms with van der Waals surface area (Å²) in [6.45, 7) is 0. The number of nitrogens with zero attached hydrogens (tertiary/aromatic N) is 7. The third-order valence-corrected chi connectivity index (χ3v) is 9.76. The van der Waals surface area contributed by atoms with Gasteiger partial charge in [0.15, 0.2) is 27.1 Å². The van der Waals surface area contributed by atoms with E-state index in [4.69, 9.17) is 15.5 Å². The molecular weight excluding hydrogens is 608 g/mol. The number of hydrogen-bond acceptors (Lipinski definition) is 10. The van der Waals surface area contributed by atoms with Crippen molar-refractivity contribution in [1.29, 1.82) is 0 Å². The van der Waals surface area contributed by atoms with Gasteiger partial charge in [0.2, 0.25) is 5.82 Å². The van der Waals surface area contributed by atoms with Gasteiger partial charge in [-0.3, -0.25) is 14.9 Å². The van der Waals surface area contributed by atoms with Gasteiger partial charge in [-0.1, -0.05) is 6.07 Å². The molecule has 6 heterocycles. The van der Waals surface area contributed by atoms with Crippen LogP contribution >= 0.6 is 0 Å². The fraction of sp³-hybridized carbons (Fsp3) is 0.310. The van der Waals surface area contributed by atoms with Gasteiger partial charge in [-0.05, 0) is 37.8 Å². The number of rotatable bonds is 6. The summed E-state index contributed by atoms with van der Waals surface area (Å²) in [5.41, 5.74) is 8.36. The van der Waals surface area contributed by atoms with Gasteiger partial charge < -0.3 is 15.4 Å². The monoisotopic (exact) mass is 635 g/mol. The molecule has 2 bridgehead atoms. The molecule has 0 saturated carbocycles. The number of fused-ring (bicyclic) bond motifs is 3. The van der Waals surface area contributed by atoms with E-state index in [-0.39, 0.29) is 57.5 Å². The SMILES string of the molecule is COc1cc(F)c(-c2ccc(-c3cnn4c(N)c(S(C)(=O)=O)c(C5C[C@H]6CC[C@@H](C5)N6C(=O)c5ncn[nH]5)nc34)cn2)cc1F. The Kier molecular flexibility index (Phi) is 6.76. The Labute approximate surface area is 255 Å². The summed E-state index contributed by atoms with van der Waals surface area (Å²) in [4.78, 5) is 28.1. The Morgan fingerprint density at radius 2 is 1.82 bits per heavy atom. The molecule has 2 fully saturated rings. The first-order chi connectivity index (χ1) is 21.5. The zero-order valence-corrected chi connectivity index (χ0v) is 24.9. The van der Waals surface area contributed by atoms with Crippen LogP contribution in [0.3, 0.4) is 0 Å². The molecule has 13 nitrogen and oxygen atoms in total. The molecule has 5 aromatic rings. The highest BCUT2D eigenvalue weighted by Crippen LogP contribution is 2.45. The van der Waals surface area contributed by atoms with Crippen molar-refractivity contribution in [2.75, 3.05) is 19.1 Å². The van der Waals surface area contributed by atoms with E-state index in [0.717, 1.165) is 31.2 Å². The smallest absolute Gasteiger partial charge is 0.291 e. The summed E-state index contributed by atoms with van der Waals surface area (Å²) in [6.07, 6.45) is 7.86. The number of carbonyl (C=O) groups is 1. The topological polar surface area (TPSA) is 174 Å². The number of halogens is 2. The van der Waals surface area contributed by atoms with E-state index < -0.39 is 21.5 Å². The van der Waals surface area contributed by atoms with Gasteiger partial charge in [0, 0.05) is 53.2 Å². The van der Waals surface area contributed by atoms with Gasteiger partial charge in [0.05, 0.1) is 24.7 Å². The summed E-state index contributed by atoms with van der Waals surface area (Å²) in [6, 6.07) is 4.91. The van der Waals surface area contributed by atoms with E-state index in [2.05, 4.69) is 25.3 Å². The molecule has 16 heteroatoms. The average Bonchev–Trinajstić information content (AvgIpc) is 3.76. The molecule has 0 radical (unpaired) electrons. The molecule has 3 N–H and O–H groups in total. The first-order valence-corrected chi connectivity index (χ1v) is 16.0. The summed E-state index contributed by atoms with van der Waals surface area (Å²) in [5.74, 6) is -2.08. The molecule has 0 aliphatic carbocycles. The molecule has 7 rings (SSSR count). The Morgan fingerprint density at radius 1 is 1.07 bits per heavy atom. The maximum absolute atomic E-state index is 14.7. The number of hydrogen-bond donors (Lipinski definition) is 2. The highest BCUT2D eigenvalue weighted by molar-refractivity contribution is 7.91. The first-order valence-electron chi connectivity index (χ1n) is 14.1. The fourth-order valence-electron chi connectivity index (χ4n) is 6.63. The molecule has 45 heavy (non-hydrogen) atoms. The van der Waals surface area contributed by atoms with E-state index in [0.29, 0.717) is 35.3 Å². The van der Waals surface area contributed by atoms with Crippen LogP contribution < -0.4 is 10.5 Å². The number of benzene rings is 1. The highest BCUT2D eigenvalue weighted by atomic mass is 32.2. The van der Waals surface area contributed by atoms with Crippen LogP contribution in [0.15, 0.2) is 47.9 Å². The van der Waals surface area contributed by atoms with E-state index in [9.17, 15) is 22.0 Å². The lowest BCUT2D eigenvalue weighted by atomic mass is 9.87. The van der Waals surface area contributed by atoms with Gasteiger partial charge in [-0.25, -0.2) is 27.2 Å². The zero-order chi connectivity index (χ0) is 31.6. The maximum Gasteiger partial charge on any atom is 0.291 e. The van der Waals surface area contributed by atoms with Crippen LogP contribution in [0, 0.1) is 11.6 Å². The number of piperidine rings is 1. The quantitative estimate of drug-likeness (QED) is 0.281. The summed E-state index contributed by atoms with van der Waals surface area (Å²) in [7, 11) is -2.58. The molecular formula is C29H27F2N9O4S. The number of aromatic amines is 1. The van der Waals surface area contributed by atoms with E-state index in [1.807, 2.05) is 4.90 Å². The van der Waals surface area contributed by atoms with Crippen molar-refractivity contribution in [1.82, 2.24) is 39.7 Å². The number of H-pyrrole nitrogens is 1. The molecule has 232 valence electrons. The van der Waals surface area contributed by atoms with Crippen LogP contribution in [0.5, 0.6) is 5.75 Å². The normalized spacial score (nSPS) is 19.7. The second-order valence-corrected chi connectivity index (χ2v) is 13.2. The van der Waals surface area contributed by atoms with Crippen molar-refractivity contribution in [2.45, 2.75) is 48.6 Å². The molecule has 1 amide bonds. The largest absolute Gasteiger partial charge is 0.494 e. The third kappa shape index (κ3) is 4.75. The van der Waals surface area contributed by atoms with Gasteiger partial charge in [-0.15, -0.1) is 0 Å². The number of aromatic nitrogens is 7. The summed E-state index contributed by atoms with van der Waals surface area (Å²) in [5, 5.41) is 10.7. The van der Waals surface area contributed by atoms with Crippen LogP contribution in [0.25, 0.3) is 28.0 Å². The number of nitrogen functional groups attached to an aromatic ring is 1. The minimum Gasteiger partial charge on any atom is -0.494 e. The lowest BCUT2D eigenvalue weighted by molar-refractivity contribution is 0.0556. The first kappa shape index (κ1) is 28.8. The van der Waals surface area contributed by atoms with Gasteiger partial charge >= 0.3 is 0 Å². The van der Waals surface area contributed by atoms with Gasteiger partial charge in [0.25, 0.3) is 5.91 Å². The van der Waals surface area contributed by atoms with Crippen LogP contribution in [0.2, 0.25) is 0 Å². The number of nitrogens with one attached hydrogen (secondary N) is 1. The number of pyridine rings is 1. The third-order valence-electron chi connectivity index (χ3n) is 8.60. The number of carbonyl (C=O) groups excluding carboxylic acids is 1. The van der Waals surface area contributed by atoms with Crippen molar-refractivity contribution in [3.63, 3.8) is 0 Å². The lowest BCUT2D eigenvalue weighted by Crippen LogP contribution is -2.46. The van der Waals surface area contributed by atoms with Crippen LogP contribution in [-0.2, 0) is 9.84 Å². The molecule has 0 spiro atoms. The molecule has 2 aliphatic heterocycles. The minimum atomic E-state index is -3.83. The zero-order valence-electron chi connectivity index (χ0n) is 24.1.